The van der Waals surface area contributed by atoms with Gasteiger partial charge in [0.1, 0.15) is 12.1 Å². The minimum atomic E-state index is 0.168. The number of hydrogen-bond donors (Lipinski definition) is 1. The molecule has 5 nitrogen and oxygen atoms in total. The first-order valence-electron chi connectivity index (χ1n) is 6.44. The summed E-state index contributed by atoms with van der Waals surface area (Å²) >= 11 is 1.66. The van der Waals surface area contributed by atoms with Crippen LogP contribution in [0.2, 0.25) is 0 Å². The van der Waals surface area contributed by atoms with Crippen LogP contribution in [0.15, 0.2) is 17.8 Å². The summed E-state index contributed by atoms with van der Waals surface area (Å²) in [5.74, 6) is 1.09. The maximum absolute atomic E-state index is 11.3. The largest absolute Gasteiger partial charge is 0.366 e. The van der Waals surface area contributed by atoms with E-state index >= 15 is 0 Å². The number of carbonyl (C=O) groups is 1. The first-order chi connectivity index (χ1) is 9.24. The van der Waals surface area contributed by atoms with Crippen molar-refractivity contribution in [2.75, 3.05) is 18.4 Å². The summed E-state index contributed by atoms with van der Waals surface area (Å²) in [7, 11) is 0. The van der Waals surface area contributed by atoms with Crippen molar-refractivity contribution in [3.8, 4) is 0 Å². The molecule has 0 aliphatic carbocycles. The van der Waals surface area contributed by atoms with Crippen molar-refractivity contribution in [1.29, 1.82) is 0 Å². The predicted octanol–water partition coefficient (Wildman–Crippen LogP) is 2.11. The fraction of sp³-hybridized carbons (Fsp3) is 0.462. The Labute approximate surface area is 115 Å². The molecule has 3 rings (SSSR count). The minimum absolute atomic E-state index is 0.168. The zero-order chi connectivity index (χ0) is 13.2. The quantitative estimate of drug-likeness (QED) is 0.912. The maximum atomic E-state index is 11.3. The molecule has 3 heterocycles. The van der Waals surface area contributed by atoms with Gasteiger partial charge in [-0.3, -0.25) is 4.79 Å². The molecule has 0 radical (unpaired) electrons. The van der Waals surface area contributed by atoms with Gasteiger partial charge in [-0.1, -0.05) is 0 Å². The third-order valence-electron chi connectivity index (χ3n) is 3.52. The number of nitrogens with zero attached hydrogens (tertiary/aromatic N) is 3. The number of carbonyl (C=O) groups excluding carboxylic acids is 1. The summed E-state index contributed by atoms with van der Waals surface area (Å²) in [5, 5.41) is 5.52. The standard InChI is InChI=1S/C13H16N4OS/c1-9(18)17-5-2-10(3-6-17)16-13-12-11(4-7-19-12)14-8-15-13/h4,7-8,10H,2-3,5-6H2,1H3,(H,14,15,16). The highest BCUT2D eigenvalue weighted by molar-refractivity contribution is 7.17. The summed E-state index contributed by atoms with van der Waals surface area (Å²) in [6.45, 7) is 3.28. The van der Waals surface area contributed by atoms with E-state index in [1.165, 1.54) is 0 Å². The van der Waals surface area contributed by atoms with Gasteiger partial charge >= 0.3 is 0 Å². The zero-order valence-electron chi connectivity index (χ0n) is 10.8. The number of rotatable bonds is 2. The van der Waals surface area contributed by atoms with E-state index in [-0.39, 0.29) is 5.91 Å². The lowest BCUT2D eigenvalue weighted by atomic mass is 10.1. The number of aromatic nitrogens is 2. The zero-order valence-corrected chi connectivity index (χ0v) is 11.6. The van der Waals surface area contributed by atoms with Gasteiger partial charge in [0.15, 0.2) is 0 Å². The van der Waals surface area contributed by atoms with E-state index in [9.17, 15) is 4.79 Å². The van der Waals surface area contributed by atoms with Gasteiger partial charge in [-0.15, -0.1) is 11.3 Å². The van der Waals surface area contributed by atoms with Gasteiger partial charge in [0.05, 0.1) is 10.2 Å². The van der Waals surface area contributed by atoms with Crippen LogP contribution in [0.5, 0.6) is 0 Å². The molecule has 19 heavy (non-hydrogen) atoms. The summed E-state index contributed by atoms with van der Waals surface area (Å²) in [6.07, 6.45) is 3.54. The number of fused-ring (bicyclic) bond motifs is 1. The van der Waals surface area contributed by atoms with Crippen LogP contribution in [-0.2, 0) is 4.79 Å². The fourth-order valence-electron chi connectivity index (χ4n) is 2.42. The molecule has 0 unspecified atom stereocenters. The molecule has 1 aliphatic rings. The molecule has 1 aliphatic heterocycles. The number of amides is 1. The first-order valence-corrected chi connectivity index (χ1v) is 7.32. The molecule has 0 atom stereocenters. The van der Waals surface area contributed by atoms with E-state index in [2.05, 4.69) is 15.3 Å². The van der Waals surface area contributed by atoms with E-state index in [1.807, 2.05) is 16.3 Å². The summed E-state index contributed by atoms with van der Waals surface area (Å²) in [6, 6.07) is 2.39. The fourth-order valence-corrected chi connectivity index (χ4v) is 3.22. The van der Waals surface area contributed by atoms with Gasteiger partial charge in [0.2, 0.25) is 5.91 Å². The van der Waals surface area contributed by atoms with E-state index in [0.717, 1.165) is 42.0 Å². The number of thiophene rings is 1. The van der Waals surface area contributed by atoms with Crippen LogP contribution >= 0.6 is 11.3 Å². The number of hydrogen-bond acceptors (Lipinski definition) is 5. The number of anilines is 1. The van der Waals surface area contributed by atoms with Crippen molar-refractivity contribution in [2.45, 2.75) is 25.8 Å². The van der Waals surface area contributed by atoms with Crippen molar-refractivity contribution >= 4 is 33.3 Å². The van der Waals surface area contributed by atoms with Crippen molar-refractivity contribution in [3.05, 3.63) is 17.8 Å². The van der Waals surface area contributed by atoms with Gasteiger partial charge in [0, 0.05) is 26.1 Å². The van der Waals surface area contributed by atoms with E-state index in [0.29, 0.717) is 6.04 Å². The van der Waals surface area contributed by atoms with Crippen molar-refractivity contribution in [3.63, 3.8) is 0 Å². The Bertz CT molecular complexity index is 589. The average Bonchev–Trinajstić information content (AvgIpc) is 2.89. The molecule has 1 N–H and O–H groups in total. The first kappa shape index (κ1) is 12.3. The minimum Gasteiger partial charge on any atom is -0.366 e. The Hall–Kier alpha value is -1.69. The monoisotopic (exact) mass is 276 g/mol. The molecule has 0 bridgehead atoms. The molecule has 1 amide bonds. The van der Waals surface area contributed by atoms with Crippen LogP contribution < -0.4 is 5.32 Å². The van der Waals surface area contributed by atoms with Crippen LogP contribution in [0.4, 0.5) is 5.82 Å². The Morgan fingerprint density at radius 3 is 2.95 bits per heavy atom. The topological polar surface area (TPSA) is 58.1 Å². The normalized spacial score (nSPS) is 16.8. The SMILES string of the molecule is CC(=O)N1CCC(Nc2ncnc3ccsc23)CC1. The molecule has 2 aromatic rings. The Balaban J connectivity index is 1.69. The van der Waals surface area contributed by atoms with E-state index < -0.39 is 0 Å². The molecule has 6 heteroatoms. The molecule has 0 aromatic carbocycles. The molecule has 0 spiro atoms. The molecule has 0 saturated carbocycles. The van der Waals surface area contributed by atoms with E-state index in [1.54, 1.807) is 24.6 Å². The lowest BCUT2D eigenvalue weighted by molar-refractivity contribution is -0.129. The van der Waals surface area contributed by atoms with Crippen LogP contribution in [0.25, 0.3) is 10.2 Å². The summed E-state index contributed by atoms with van der Waals surface area (Å²) in [4.78, 5) is 21.8. The van der Waals surface area contributed by atoms with Crippen molar-refractivity contribution < 1.29 is 4.79 Å². The number of likely N-dealkylation sites (tertiary alicyclic amines) is 1. The van der Waals surface area contributed by atoms with Gasteiger partial charge < -0.3 is 10.2 Å². The van der Waals surface area contributed by atoms with Gasteiger partial charge in [-0.25, -0.2) is 9.97 Å². The van der Waals surface area contributed by atoms with Crippen LogP contribution in [0.1, 0.15) is 19.8 Å². The lowest BCUT2D eigenvalue weighted by Crippen LogP contribution is -2.41. The Morgan fingerprint density at radius 2 is 2.21 bits per heavy atom. The molecule has 1 saturated heterocycles. The smallest absolute Gasteiger partial charge is 0.219 e. The maximum Gasteiger partial charge on any atom is 0.219 e. The van der Waals surface area contributed by atoms with Gasteiger partial charge in [-0.05, 0) is 24.3 Å². The van der Waals surface area contributed by atoms with E-state index in [4.69, 9.17) is 0 Å². The van der Waals surface area contributed by atoms with Crippen molar-refractivity contribution in [2.24, 2.45) is 0 Å². The highest BCUT2D eigenvalue weighted by Gasteiger charge is 2.21. The summed E-state index contributed by atoms with van der Waals surface area (Å²) < 4.78 is 1.11. The molecule has 1 fully saturated rings. The van der Waals surface area contributed by atoms with Crippen molar-refractivity contribution in [1.82, 2.24) is 14.9 Å². The second-order valence-corrected chi connectivity index (χ2v) is 5.70. The van der Waals surface area contributed by atoms with Crippen LogP contribution in [0.3, 0.4) is 0 Å². The Morgan fingerprint density at radius 1 is 1.42 bits per heavy atom. The highest BCUT2D eigenvalue weighted by atomic mass is 32.1. The summed E-state index contributed by atoms with van der Waals surface area (Å²) in [5.41, 5.74) is 0.990. The molecular formula is C13H16N4OS. The average molecular weight is 276 g/mol. The van der Waals surface area contributed by atoms with Gasteiger partial charge in [0.25, 0.3) is 0 Å². The van der Waals surface area contributed by atoms with Crippen LogP contribution in [0, 0.1) is 0 Å². The number of piperidine rings is 1. The number of nitrogens with one attached hydrogen (secondary N) is 1. The predicted molar refractivity (Wildman–Crippen MR) is 76.3 cm³/mol. The Kier molecular flexibility index (Phi) is 3.33. The van der Waals surface area contributed by atoms with Crippen LogP contribution in [-0.4, -0.2) is 39.9 Å². The molecule has 2 aromatic heterocycles. The third kappa shape index (κ3) is 2.53. The third-order valence-corrected chi connectivity index (χ3v) is 4.43. The lowest BCUT2D eigenvalue weighted by Gasteiger charge is -2.31. The molecular weight excluding hydrogens is 260 g/mol. The van der Waals surface area contributed by atoms with Gasteiger partial charge in [-0.2, -0.15) is 0 Å². The second-order valence-electron chi connectivity index (χ2n) is 4.78. The molecule has 100 valence electrons. The highest BCUT2D eigenvalue weighted by Crippen LogP contribution is 2.26. The second kappa shape index (κ2) is 5.13.